The number of fused-ring (bicyclic) bond motifs is 1. The number of hydrogen-bond donors (Lipinski definition) is 0. The Kier molecular flexibility index (Phi) is 4.61. The molecule has 2 aromatic heterocycles. The van der Waals surface area contributed by atoms with Gasteiger partial charge in [-0.25, -0.2) is 4.68 Å². The van der Waals surface area contributed by atoms with Crippen molar-refractivity contribution >= 4 is 16.7 Å². The highest BCUT2D eigenvalue weighted by molar-refractivity contribution is 5.97. The summed E-state index contributed by atoms with van der Waals surface area (Å²) in [6, 6.07) is 8.88. The first-order chi connectivity index (χ1) is 13.0. The summed E-state index contributed by atoms with van der Waals surface area (Å²) in [7, 11) is 0. The summed E-state index contributed by atoms with van der Waals surface area (Å²) in [6.07, 6.45) is 2.33. The molecule has 3 aromatic rings. The molecule has 0 aliphatic carbocycles. The van der Waals surface area contributed by atoms with Crippen LogP contribution in [0.1, 0.15) is 34.6 Å². The van der Waals surface area contributed by atoms with Crippen LogP contribution < -0.4 is 5.56 Å². The molecule has 0 radical (unpaired) electrons. The Balaban J connectivity index is 1.60. The number of carbonyl (C=O) groups is 1. The second kappa shape index (κ2) is 7.08. The smallest absolute Gasteiger partial charge is 0.278 e. The predicted octanol–water partition coefficient (Wildman–Crippen LogP) is 2.27. The molecule has 3 heterocycles. The van der Waals surface area contributed by atoms with Crippen molar-refractivity contribution in [2.24, 2.45) is 0 Å². The molecule has 0 saturated carbocycles. The van der Waals surface area contributed by atoms with E-state index in [1.165, 1.54) is 0 Å². The number of nitrogens with zero attached hydrogens (tertiary/aromatic N) is 4. The zero-order chi connectivity index (χ0) is 19.0. The van der Waals surface area contributed by atoms with Gasteiger partial charge in [-0.1, -0.05) is 17.3 Å². The van der Waals surface area contributed by atoms with Crippen molar-refractivity contribution in [2.45, 2.75) is 45.9 Å². The number of ketones is 1. The van der Waals surface area contributed by atoms with E-state index in [9.17, 15) is 9.59 Å². The molecule has 7 nitrogen and oxygen atoms in total. The van der Waals surface area contributed by atoms with Crippen molar-refractivity contribution in [1.29, 1.82) is 0 Å². The molecule has 140 valence electrons. The van der Waals surface area contributed by atoms with Gasteiger partial charge in [0.2, 0.25) is 0 Å². The van der Waals surface area contributed by atoms with E-state index in [4.69, 9.17) is 4.74 Å². The highest BCUT2D eigenvalue weighted by Gasteiger charge is 2.21. The molecule has 7 heteroatoms. The third-order valence-corrected chi connectivity index (χ3v) is 5.21. The first kappa shape index (κ1) is 17.6. The maximum Gasteiger partial charge on any atom is 0.278 e. The van der Waals surface area contributed by atoms with Gasteiger partial charge in [-0.15, -0.1) is 5.10 Å². The number of aryl methyl sites for hydroxylation is 1. The van der Waals surface area contributed by atoms with Gasteiger partial charge in [0.15, 0.2) is 5.78 Å². The quantitative estimate of drug-likeness (QED) is 0.647. The number of aromatic nitrogens is 4. The maximum atomic E-state index is 12.9. The van der Waals surface area contributed by atoms with Gasteiger partial charge in [-0.05, 0) is 44.9 Å². The Labute approximate surface area is 156 Å². The van der Waals surface area contributed by atoms with E-state index >= 15 is 0 Å². The lowest BCUT2D eigenvalue weighted by Crippen LogP contribution is -2.28. The molecule has 0 spiro atoms. The van der Waals surface area contributed by atoms with Crippen LogP contribution in [-0.4, -0.2) is 38.1 Å². The van der Waals surface area contributed by atoms with Crippen molar-refractivity contribution in [2.75, 3.05) is 6.61 Å². The molecule has 1 aromatic carbocycles. The second-order valence-corrected chi connectivity index (χ2v) is 7.02. The van der Waals surface area contributed by atoms with E-state index in [0.29, 0.717) is 16.5 Å². The average molecular weight is 366 g/mol. The lowest BCUT2D eigenvalue weighted by Gasteiger charge is -2.14. The normalized spacial score (nSPS) is 16.9. The Bertz CT molecular complexity index is 1060. The number of hydrogen-bond acceptors (Lipinski definition) is 5. The third-order valence-electron chi connectivity index (χ3n) is 5.21. The highest BCUT2D eigenvalue weighted by atomic mass is 16.5. The fourth-order valence-electron chi connectivity index (χ4n) is 3.70. The van der Waals surface area contributed by atoms with Crippen LogP contribution in [0.15, 0.2) is 35.1 Å². The summed E-state index contributed by atoms with van der Waals surface area (Å²) in [6.45, 7) is 5.35. The van der Waals surface area contributed by atoms with E-state index in [1.54, 1.807) is 24.3 Å². The van der Waals surface area contributed by atoms with Crippen molar-refractivity contribution in [3.05, 3.63) is 57.6 Å². The molecule has 0 unspecified atom stereocenters. The standard InChI is InChI=1S/C20H22N4O3/c1-13-10-17(14(2)23(13)11-15-6-5-9-27-15)19(25)12-24-20(26)16-7-3-4-8-18(16)21-22-24/h3-4,7-8,10,15H,5-6,9,11-12H2,1-2H3/t15-/m0/s1. The largest absolute Gasteiger partial charge is 0.376 e. The van der Waals surface area contributed by atoms with Crippen LogP contribution in [0.25, 0.3) is 10.9 Å². The van der Waals surface area contributed by atoms with Crippen LogP contribution in [0.4, 0.5) is 0 Å². The number of benzene rings is 1. The van der Waals surface area contributed by atoms with E-state index in [1.807, 2.05) is 19.9 Å². The Hall–Kier alpha value is -2.80. The van der Waals surface area contributed by atoms with Crippen molar-refractivity contribution in [3.63, 3.8) is 0 Å². The van der Waals surface area contributed by atoms with Crippen LogP contribution in [-0.2, 0) is 17.8 Å². The molecule has 1 aliphatic rings. The number of ether oxygens (including phenoxy) is 1. The molecule has 0 amide bonds. The lowest BCUT2D eigenvalue weighted by atomic mass is 10.1. The van der Waals surface area contributed by atoms with E-state index in [-0.39, 0.29) is 24.0 Å². The van der Waals surface area contributed by atoms with E-state index in [2.05, 4.69) is 14.9 Å². The molecule has 1 saturated heterocycles. The monoisotopic (exact) mass is 366 g/mol. The fraction of sp³-hybridized carbons (Fsp3) is 0.400. The summed E-state index contributed by atoms with van der Waals surface area (Å²) < 4.78 is 8.98. The van der Waals surface area contributed by atoms with E-state index in [0.717, 1.165) is 42.1 Å². The van der Waals surface area contributed by atoms with Gasteiger partial charge >= 0.3 is 0 Å². The van der Waals surface area contributed by atoms with Crippen LogP contribution in [0, 0.1) is 13.8 Å². The highest BCUT2D eigenvalue weighted by Crippen LogP contribution is 2.21. The minimum Gasteiger partial charge on any atom is -0.376 e. The van der Waals surface area contributed by atoms with Gasteiger partial charge < -0.3 is 9.30 Å². The molecule has 1 fully saturated rings. The SMILES string of the molecule is Cc1cc(C(=O)Cn2nnc3ccccc3c2=O)c(C)n1C[C@@H]1CCCO1. The molecule has 1 atom stereocenters. The topological polar surface area (TPSA) is 79.0 Å². The van der Waals surface area contributed by atoms with Gasteiger partial charge in [-0.2, -0.15) is 0 Å². The van der Waals surface area contributed by atoms with Crippen LogP contribution in [0.3, 0.4) is 0 Å². The first-order valence-corrected chi connectivity index (χ1v) is 9.18. The lowest BCUT2D eigenvalue weighted by molar-refractivity contribution is 0.0945. The minimum absolute atomic E-state index is 0.124. The Morgan fingerprint density at radius 3 is 2.89 bits per heavy atom. The van der Waals surface area contributed by atoms with Crippen molar-refractivity contribution in [3.8, 4) is 0 Å². The summed E-state index contributed by atoms with van der Waals surface area (Å²) >= 11 is 0. The van der Waals surface area contributed by atoms with E-state index < -0.39 is 0 Å². The first-order valence-electron chi connectivity index (χ1n) is 9.18. The van der Waals surface area contributed by atoms with Crippen LogP contribution >= 0.6 is 0 Å². The molecule has 0 bridgehead atoms. The zero-order valence-electron chi connectivity index (χ0n) is 15.5. The van der Waals surface area contributed by atoms with Gasteiger partial charge in [-0.3, -0.25) is 9.59 Å². The average Bonchev–Trinajstić information content (AvgIpc) is 3.28. The van der Waals surface area contributed by atoms with Crippen molar-refractivity contribution < 1.29 is 9.53 Å². The number of Topliss-reactive ketones (excluding diaryl/α,β-unsaturated/α-hetero) is 1. The number of carbonyl (C=O) groups excluding carboxylic acids is 1. The maximum absolute atomic E-state index is 12.9. The second-order valence-electron chi connectivity index (χ2n) is 7.02. The third kappa shape index (κ3) is 3.30. The minimum atomic E-state index is -0.304. The van der Waals surface area contributed by atoms with Gasteiger partial charge in [0.25, 0.3) is 5.56 Å². The molecule has 0 N–H and O–H groups in total. The number of rotatable bonds is 5. The fourth-order valence-corrected chi connectivity index (χ4v) is 3.70. The molecule has 1 aliphatic heterocycles. The zero-order valence-corrected chi connectivity index (χ0v) is 15.5. The summed E-state index contributed by atoms with van der Waals surface area (Å²) in [5.74, 6) is -0.145. The van der Waals surface area contributed by atoms with Crippen molar-refractivity contribution in [1.82, 2.24) is 19.6 Å². The summed E-state index contributed by atoms with van der Waals surface area (Å²) in [4.78, 5) is 25.4. The Morgan fingerprint density at radius 2 is 2.11 bits per heavy atom. The Morgan fingerprint density at radius 1 is 1.30 bits per heavy atom. The predicted molar refractivity (Wildman–Crippen MR) is 101 cm³/mol. The van der Waals surface area contributed by atoms with Gasteiger partial charge in [0.05, 0.1) is 11.5 Å². The van der Waals surface area contributed by atoms with Gasteiger partial charge in [0.1, 0.15) is 12.1 Å². The summed E-state index contributed by atoms with van der Waals surface area (Å²) in [5, 5.41) is 8.42. The molecule has 27 heavy (non-hydrogen) atoms. The molecular formula is C20H22N4O3. The molecular weight excluding hydrogens is 344 g/mol. The van der Waals surface area contributed by atoms with Crippen LogP contribution in [0.2, 0.25) is 0 Å². The summed E-state index contributed by atoms with van der Waals surface area (Å²) in [5.41, 5.74) is 2.76. The molecule has 4 rings (SSSR count). The van der Waals surface area contributed by atoms with Gasteiger partial charge in [0, 0.05) is 30.1 Å². The van der Waals surface area contributed by atoms with Crippen LogP contribution in [0.5, 0.6) is 0 Å².